The first-order valence-corrected chi connectivity index (χ1v) is 7.25. The predicted octanol–water partition coefficient (Wildman–Crippen LogP) is 2.06. The largest absolute Gasteiger partial charge is 0.333 e. The van der Waals surface area contributed by atoms with E-state index in [9.17, 15) is 9.59 Å². The molecule has 7 heteroatoms. The van der Waals surface area contributed by atoms with E-state index < -0.39 is 22.7 Å². The summed E-state index contributed by atoms with van der Waals surface area (Å²) < 4.78 is 0. The molecule has 0 aliphatic rings. The maximum atomic E-state index is 11.9. The Hall–Kier alpha value is -2.07. The summed E-state index contributed by atoms with van der Waals surface area (Å²) in [5, 5.41) is 13.8. The Kier molecular flexibility index (Phi) is 5.73. The van der Waals surface area contributed by atoms with Gasteiger partial charge in [-0.1, -0.05) is 11.8 Å². The van der Waals surface area contributed by atoms with Crippen LogP contribution < -0.4 is 10.6 Å². The van der Waals surface area contributed by atoms with Gasteiger partial charge in [0.2, 0.25) is 5.91 Å². The van der Waals surface area contributed by atoms with E-state index in [1.54, 1.807) is 19.1 Å². The summed E-state index contributed by atoms with van der Waals surface area (Å²) >= 11 is 1.19. The van der Waals surface area contributed by atoms with Crippen LogP contribution in [0.25, 0.3) is 0 Å². The van der Waals surface area contributed by atoms with Crippen LogP contribution in [0.2, 0.25) is 0 Å². The van der Waals surface area contributed by atoms with Crippen LogP contribution in [0.15, 0.2) is 23.4 Å². The SMILES string of the molecule is C[C@@H](Sc1cc(C#N)ccn1)C(=O)NC(=O)NC(C)(C)C. The molecular weight excluding hydrogens is 288 g/mol. The molecule has 0 saturated heterocycles. The van der Waals surface area contributed by atoms with Crippen molar-refractivity contribution in [2.75, 3.05) is 0 Å². The average molecular weight is 306 g/mol. The van der Waals surface area contributed by atoms with Crippen LogP contribution in [-0.2, 0) is 4.79 Å². The average Bonchev–Trinajstić information content (AvgIpc) is 2.36. The molecule has 0 saturated carbocycles. The number of nitrogens with one attached hydrogen (secondary N) is 2. The van der Waals surface area contributed by atoms with Gasteiger partial charge in [0.05, 0.1) is 21.9 Å². The molecule has 0 bridgehead atoms. The lowest BCUT2D eigenvalue weighted by Crippen LogP contribution is -2.49. The van der Waals surface area contributed by atoms with Crippen LogP contribution in [0.4, 0.5) is 4.79 Å². The molecule has 1 rings (SSSR count). The Morgan fingerprint density at radius 3 is 2.67 bits per heavy atom. The van der Waals surface area contributed by atoms with Crippen molar-refractivity contribution in [3.05, 3.63) is 23.9 Å². The van der Waals surface area contributed by atoms with Crippen molar-refractivity contribution in [2.24, 2.45) is 0 Å². The number of carbonyl (C=O) groups excluding carboxylic acids is 2. The number of imide groups is 1. The van der Waals surface area contributed by atoms with Gasteiger partial charge in [0.25, 0.3) is 0 Å². The van der Waals surface area contributed by atoms with Crippen LogP contribution >= 0.6 is 11.8 Å². The van der Waals surface area contributed by atoms with Crippen molar-refractivity contribution in [1.82, 2.24) is 15.6 Å². The van der Waals surface area contributed by atoms with Gasteiger partial charge in [-0.25, -0.2) is 9.78 Å². The van der Waals surface area contributed by atoms with Gasteiger partial charge in [-0.15, -0.1) is 0 Å². The summed E-state index contributed by atoms with van der Waals surface area (Å²) in [5.74, 6) is -0.411. The minimum atomic E-state index is -0.529. The number of pyridine rings is 1. The molecule has 2 N–H and O–H groups in total. The maximum absolute atomic E-state index is 11.9. The maximum Gasteiger partial charge on any atom is 0.321 e. The molecule has 0 aliphatic heterocycles. The van der Waals surface area contributed by atoms with Crippen molar-refractivity contribution in [2.45, 2.75) is 43.5 Å². The van der Waals surface area contributed by atoms with E-state index in [1.807, 2.05) is 26.8 Å². The normalized spacial score (nSPS) is 12.1. The van der Waals surface area contributed by atoms with E-state index in [2.05, 4.69) is 15.6 Å². The quantitative estimate of drug-likeness (QED) is 0.833. The zero-order valence-corrected chi connectivity index (χ0v) is 13.2. The summed E-state index contributed by atoms with van der Waals surface area (Å²) in [6.45, 7) is 7.15. The fourth-order valence-electron chi connectivity index (χ4n) is 1.36. The molecule has 0 aromatic carbocycles. The predicted molar refractivity (Wildman–Crippen MR) is 80.7 cm³/mol. The van der Waals surface area contributed by atoms with E-state index >= 15 is 0 Å². The molecule has 0 radical (unpaired) electrons. The second kappa shape index (κ2) is 7.09. The second-order valence-corrected chi connectivity index (χ2v) is 6.81. The molecule has 0 fully saturated rings. The fourth-order valence-corrected chi connectivity index (χ4v) is 2.21. The lowest BCUT2D eigenvalue weighted by atomic mass is 10.1. The standard InChI is InChI=1S/C14H18N4O2S/c1-9(12(19)17-13(20)18-14(2,3)4)21-11-7-10(8-15)5-6-16-11/h5-7,9H,1-4H3,(H2,17,18,19,20)/t9-/m1/s1. The first kappa shape index (κ1) is 17.0. The summed E-state index contributed by atoms with van der Waals surface area (Å²) in [4.78, 5) is 27.6. The van der Waals surface area contributed by atoms with Crippen LogP contribution in [0.3, 0.4) is 0 Å². The molecule has 1 aromatic heterocycles. The van der Waals surface area contributed by atoms with Crippen molar-refractivity contribution in [3.63, 3.8) is 0 Å². The Labute approximate surface area is 128 Å². The van der Waals surface area contributed by atoms with Gasteiger partial charge in [-0.2, -0.15) is 5.26 Å². The highest BCUT2D eigenvalue weighted by Gasteiger charge is 2.20. The van der Waals surface area contributed by atoms with Crippen LogP contribution in [-0.4, -0.2) is 27.7 Å². The van der Waals surface area contributed by atoms with Crippen molar-refractivity contribution in [1.29, 1.82) is 5.26 Å². The molecule has 3 amide bonds. The molecule has 1 atom stereocenters. The number of amides is 3. The number of hydrogen-bond acceptors (Lipinski definition) is 5. The summed E-state index contributed by atoms with van der Waals surface area (Å²) in [5.41, 5.74) is 0.0641. The van der Waals surface area contributed by atoms with E-state index in [0.29, 0.717) is 10.6 Å². The van der Waals surface area contributed by atoms with Gasteiger partial charge in [0, 0.05) is 11.7 Å². The molecule has 1 heterocycles. The topological polar surface area (TPSA) is 94.9 Å². The van der Waals surface area contributed by atoms with Crippen LogP contribution in [0.1, 0.15) is 33.3 Å². The molecule has 0 aliphatic carbocycles. The zero-order valence-electron chi connectivity index (χ0n) is 12.4. The van der Waals surface area contributed by atoms with Gasteiger partial charge >= 0.3 is 6.03 Å². The third kappa shape index (κ3) is 6.27. The molecule has 6 nitrogen and oxygen atoms in total. The number of nitrogens with zero attached hydrogens (tertiary/aromatic N) is 2. The van der Waals surface area contributed by atoms with Crippen LogP contribution in [0, 0.1) is 11.3 Å². The number of urea groups is 1. The molecule has 1 aromatic rings. The Bertz CT molecular complexity index is 575. The Balaban J connectivity index is 2.59. The number of carbonyl (C=O) groups is 2. The third-order valence-electron chi connectivity index (χ3n) is 2.26. The molecule has 112 valence electrons. The molecule has 21 heavy (non-hydrogen) atoms. The van der Waals surface area contributed by atoms with E-state index in [1.165, 1.54) is 18.0 Å². The summed E-state index contributed by atoms with van der Waals surface area (Å²) in [7, 11) is 0. The Morgan fingerprint density at radius 1 is 1.43 bits per heavy atom. The molecule has 0 spiro atoms. The first-order valence-electron chi connectivity index (χ1n) is 6.37. The van der Waals surface area contributed by atoms with Gasteiger partial charge in [0.1, 0.15) is 0 Å². The highest BCUT2D eigenvalue weighted by molar-refractivity contribution is 8.00. The van der Waals surface area contributed by atoms with Crippen molar-refractivity contribution in [3.8, 4) is 6.07 Å². The van der Waals surface area contributed by atoms with Crippen LogP contribution in [0.5, 0.6) is 0 Å². The van der Waals surface area contributed by atoms with Crippen molar-refractivity contribution < 1.29 is 9.59 Å². The lowest BCUT2D eigenvalue weighted by molar-refractivity contribution is -0.119. The second-order valence-electron chi connectivity index (χ2n) is 5.45. The van der Waals surface area contributed by atoms with E-state index in [4.69, 9.17) is 5.26 Å². The van der Waals surface area contributed by atoms with E-state index in [-0.39, 0.29) is 0 Å². The summed E-state index contributed by atoms with van der Waals surface area (Å²) in [6, 6.07) is 4.67. The smallest absolute Gasteiger partial charge is 0.321 e. The monoisotopic (exact) mass is 306 g/mol. The zero-order chi connectivity index (χ0) is 16.0. The Morgan fingerprint density at radius 2 is 2.10 bits per heavy atom. The highest BCUT2D eigenvalue weighted by Crippen LogP contribution is 2.21. The van der Waals surface area contributed by atoms with Gasteiger partial charge in [-0.3, -0.25) is 10.1 Å². The number of thioether (sulfide) groups is 1. The molecule has 0 unspecified atom stereocenters. The number of nitriles is 1. The number of hydrogen-bond donors (Lipinski definition) is 2. The highest BCUT2D eigenvalue weighted by atomic mass is 32.2. The minimum absolute atomic E-state index is 0.411. The lowest BCUT2D eigenvalue weighted by Gasteiger charge is -2.21. The van der Waals surface area contributed by atoms with Crippen molar-refractivity contribution >= 4 is 23.7 Å². The fraction of sp³-hybridized carbons (Fsp3) is 0.429. The number of rotatable bonds is 3. The summed E-state index contributed by atoms with van der Waals surface area (Å²) in [6.07, 6.45) is 1.51. The minimum Gasteiger partial charge on any atom is -0.333 e. The van der Waals surface area contributed by atoms with Gasteiger partial charge in [-0.05, 0) is 39.8 Å². The number of aromatic nitrogens is 1. The van der Waals surface area contributed by atoms with Gasteiger partial charge in [0.15, 0.2) is 0 Å². The third-order valence-corrected chi connectivity index (χ3v) is 3.29. The van der Waals surface area contributed by atoms with E-state index in [0.717, 1.165) is 0 Å². The van der Waals surface area contributed by atoms with Gasteiger partial charge < -0.3 is 5.32 Å². The molecular formula is C14H18N4O2S. The first-order chi connectivity index (χ1) is 9.71.